The van der Waals surface area contributed by atoms with E-state index in [1.807, 2.05) is 6.92 Å². The Bertz CT molecular complexity index is 1840. The number of fused-ring (bicyclic) bond motifs is 4. The molecule has 0 fully saturated rings. The van der Waals surface area contributed by atoms with Crippen molar-refractivity contribution < 1.29 is 46.1 Å². The monoisotopic (exact) mass is 658 g/mol. The second-order valence-corrected chi connectivity index (χ2v) is 10.7. The fourth-order valence-electron chi connectivity index (χ4n) is 5.31. The van der Waals surface area contributed by atoms with Crippen molar-refractivity contribution in [3.05, 3.63) is 134 Å². The van der Waals surface area contributed by atoms with E-state index in [4.69, 9.17) is 9.47 Å². The van der Waals surface area contributed by atoms with Gasteiger partial charge in [0.05, 0.1) is 25.1 Å². The molecule has 2 N–H and O–H groups in total. The molecular formula is C34H31F5N2O6. The van der Waals surface area contributed by atoms with Gasteiger partial charge in [0.1, 0.15) is 35.8 Å². The molecule has 3 aromatic rings. The molecule has 4 rings (SSSR count). The molecule has 0 radical (unpaired) electrons. The molecule has 1 aliphatic rings. The predicted octanol–water partition coefficient (Wildman–Crippen LogP) is 6.74. The molecule has 47 heavy (non-hydrogen) atoms. The van der Waals surface area contributed by atoms with Crippen LogP contribution in [0.15, 0.2) is 83.7 Å². The summed E-state index contributed by atoms with van der Waals surface area (Å²) in [6.45, 7) is 6.77. The molecule has 13 heteroatoms. The van der Waals surface area contributed by atoms with Gasteiger partial charge in [-0.25, -0.2) is 8.78 Å². The molecule has 0 saturated heterocycles. The SMILES string of the molecule is C=C/C(=C\C1=C(/CC)c2cc(C)c(F)c(c2)[C@H](CC(=O)O)NC(=O)[C@@H](n2ccc(C(F)(F)F)cc2=O)c2cc(ccc2F)CO1)OC. The number of aromatic nitrogens is 1. The lowest BCUT2D eigenvalue weighted by Gasteiger charge is -2.26. The number of nitrogens with one attached hydrogen (secondary N) is 1. The molecule has 2 aromatic carbocycles. The number of carboxylic acid groups (broad SMARTS) is 1. The summed E-state index contributed by atoms with van der Waals surface area (Å²) in [7, 11) is 1.41. The lowest BCUT2D eigenvalue weighted by Crippen LogP contribution is -2.41. The zero-order chi connectivity index (χ0) is 34.6. The molecule has 0 aliphatic carbocycles. The van der Waals surface area contributed by atoms with Crippen LogP contribution in [0.4, 0.5) is 22.0 Å². The number of aryl methyl sites for hydroxylation is 1. The summed E-state index contributed by atoms with van der Waals surface area (Å²) < 4.78 is 83.5. The van der Waals surface area contributed by atoms with E-state index in [-0.39, 0.29) is 29.6 Å². The summed E-state index contributed by atoms with van der Waals surface area (Å²) in [5.74, 6) is -3.85. The molecular weight excluding hydrogens is 627 g/mol. The Morgan fingerprint density at radius 2 is 1.87 bits per heavy atom. The third kappa shape index (κ3) is 7.62. The average molecular weight is 659 g/mol. The number of rotatable bonds is 7. The van der Waals surface area contributed by atoms with Crippen molar-refractivity contribution in [2.24, 2.45) is 0 Å². The lowest BCUT2D eigenvalue weighted by molar-refractivity contribution is -0.138. The van der Waals surface area contributed by atoms with Gasteiger partial charge in [-0.05, 0) is 66.4 Å². The summed E-state index contributed by atoms with van der Waals surface area (Å²) in [5, 5.41) is 12.2. The van der Waals surface area contributed by atoms with Crippen molar-refractivity contribution >= 4 is 17.4 Å². The number of carbonyl (C=O) groups is 2. The number of nitrogens with zero attached hydrogens (tertiary/aromatic N) is 1. The Kier molecular flexibility index (Phi) is 10.4. The van der Waals surface area contributed by atoms with Crippen LogP contribution in [0.5, 0.6) is 0 Å². The van der Waals surface area contributed by atoms with Crippen LogP contribution in [0.3, 0.4) is 0 Å². The van der Waals surface area contributed by atoms with Crippen molar-refractivity contribution in [1.29, 1.82) is 0 Å². The number of alkyl halides is 3. The average Bonchev–Trinajstić information content (AvgIpc) is 3.00. The number of hydrogen-bond donors (Lipinski definition) is 2. The van der Waals surface area contributed by atoms with Crippen LogP contribution >= 0.6 is 0 Å². The predicted molar refractivity (Wildman–Crippen MR) is 162 cm³/mol. The minimum Gasteiger partial charge on any atom is -0.497 e. The van der Waals surface area contributed by atoms with Crippen LogP contribution in [0, 0.1) is 18.6 Å². The quantitative estimate of drug-likeness (QED) is 0.166. The maximum absolute atomic E-state index is 15.8. The highest BCUT2D eigenvalue weighted by Gasteiger charge is 2.34. The van der Waals surface area contributed by atoms with Gasteiger partial charge in [-0.1, -0.05) is 19.6 Å². The molecule has 2 heterocycles. The van der Waals surface area contributed by atoms with Gasteiger partial charge in [0.25, 0.3) is 5.56 Å². The first-order valence-corrected chi connectivity index (χ1v) is 14.3. The lowest BCUT2D eigenvalue weighted by atomic mass is 9.92. The van der Waals surface area contributed by atoms with E-state index in [1.54, 1.807) is 6.08 Å². The largest absolute Gasteiger partial charge is 0.497 e. The van der Waals surface area contributed by atoms with Crippen LogP contribution in [0.2, 0.25) is 0 Å². The van der Waals surface area contributed by atoms with Crippen molar-refractivity contribution in [1.82, 2.24) is 9.88 Å². The zero-order valence-corrected chi connectivity index (χ0v) is 25.6. The highest BCUT2D eigenvalue weighted by atomic mass is 19.4. The molecule has 0 saturated carbocycles. The Hall–Kier alpha value is -5.20. The van der Waals surface area contributed by atoms with Gasteiger partial charge in [0.2, 0.25) is 5.91 Å². The van der Waals surface area contributed by atoms with Crippen LogP contribution in [0.1, 0.15) is 65.2 Å². The Morgan fingerprint density at radius 3 is 2.47 bits per heavy atom. The van der Waals surface area contributed by atoms with Gasteiger partial charge in [0.15, 0.2) is 0 Å². The van der Waals surface area contributed by atoms with E-state index in [9.17, 15) is 32.7 Å². The molecule has 4 bridgehead atoms. The number of amides is 1. The Morgan fingerprint density at radius 1 is 1.15 bits per heavy atom. The number of benzene rings is 2. The smallest absolute Gasteiger partial charge is 0.416 e. The second kappa shape index (κ2) is 14.1. The number of halogens is 5. The fraction of sp³-hybridized carbons (Fsp3) is 0.265. The molecule has 1 amide bonds. The Balaban J connectivity index is 2.06. The number of carboxylic acids is 1. The van der Waals surface area contributed by atoms with Crippen molar-refractivity contribution in [3.8, 4) is 0 Å². The fourth-order valence-corrected chi connectivity index (χ4v) is 5.31. The van der Waals surface area contributed by atoms with Crippen LogP contribution in [0.25, 0.3) is 5.57 Å². The van der Waals surface area contributed by atoms with Gasteiger partial charge in [-0.2, -0.15) is 13.2 Å². The number of pyridine rings is 1. The first kappa shape index (κ1) is 34.7. The Labute approximate surface area is 266 Å². The number of ether oxygens (including phenoxy) is 2. The summed E-state index contributed by atoms with van der Waals surface area (Å²) in [6.07, 6.45) is -1.71. The third-order valence-corrected chi connectivity index (χ3v) is 7.61. The van der Waals surface area contributed by atoms with E-state index in [0.29, 0.717) is 45.7 Å². The molecule has 8 nitrogen and oxygen atoms in total. The molecule has 2 atom stereocenters. The van der Waals surface area contributed by atoms with Crippen molar-refractivity contribution in [2.75, 3.05) is 7.11 Å². The standard InChI is InChI=1S/C34H31F5N2O6/c1-5-22(46-4)15-28-23(6-2)20-11-18(3)31(36)25(13-20)27(16-30(43)44)40-33(45)32(24-12-19(17-47-28)7-8-26(24)35)41-10-9-21(14-29(41)42)34(37,38)39/h5,7-15,27,32H,1,6,16-17H2,2-4H3,(H,40,45)(H,43,44)/b22-15+,28-23-/t27-,32-/m0/s1. The van der Waals surface area contributed by atoms with Crippen LogP contribution < -0.4 is 10.9 Å². The molecule has 1 aliphatic heterocycles. The topological polar surface area (TPSA) is 107 Å². The van der Waals surface area contributed by atoms with Gasteiger partial charge in [-0.3, -0.25) is 19.0 Å². The summed E-state index contributed by atoms with van der Waals surface area (Å²) in [5.41, 5.74) is -1.84. The molecule has 0 spiro atoms. The number of methoxy groups -OCH3 is 1. The summed E-state index contributed by atoms with van der Waals surface area (Å²) in [6, 6.07) is 3.78. The maximum atomic E-state index is 15.8. The minimum absolute atomic E-state index is 0.103. The normalized spacial score (nSPS) is 18.9. The maximum Gasteiger partial charge on any atom is 0.416 e. The van der Waals surface area contributed by atoms with Crippen molar-refractivity contribution in [3.63, 3.8) is 0 Å². The van der Waals surface area contributed by atoms with E-state index >= 15 is 8.78 Å². The molecule has 0 unspecified atom stereocenters. The van der Waals surface area contributed by atoms with E-state index in [2.05, 4.69) is 11.9 Å². The number of aliphatic carboxylic acids is 1. The first-order valence-electron chi connectivity index (χ1n) is 14.3. The second-order valence-electron chi connectivity index (χ2n) is 10.7. The van der Waals surface area contributed by atoms with Gasteiger partial charge in [0, 0.05) is 35.0 Å². The van der Waals surface area contributed by atoms with E-state index in [0.717, 1.165) is 6.07 Å². The van der Waals surface area contributed by atoms with Crippen LogP contribution in [-0.4, -0.2) is 28.7 Å². The van der Waals surface area contributed by atoms with Gasteiger partial charge in [-0.15, -0.1) is 0 Å². The van der Waals surface area contributed by atoms with E-state index < -0.39 is 64.9 Å². The number of carbonyl (C=O) groups excluding carboxylic acids is 1. The van der Waals surface area contributed by atoms with Crippen LogP contribution in [-0.2, 0) is 31.8 Å². The summed E-state index contributed by atoms with van der Waals surface area (Å²) in [4.78, 5) is 39.0. The van der Waals surface area contributed by atoms with Crippen molar-refractivity contribution in [2.45, 2.75) is 51.6 Å². The van der Waals surface area contributed by atoms with E-state index in [1.165, 1.54) is 44.4 Å². The van der Waals surface area contributed by atoms with Gasteiger partial charge < -0.3 is 19.9 Å². The first-order chi connectivity index (χ1) is 22.2. The summed E-state index contributed by atoms with van der Waals surface area (Å²) >= 11 is 0. The molecule has 1 aromatic heterocycles. The third-order valence-electron chi connectivity index (χ3n) is 7.61. The number of hydrogen-bond acceptors (Lipinski definition) is 5. The van der Waals surface area contributed by atoms with Gasteiger partial charge >= 0.3 is 12.1 Å². The minimum atomic E-state index is -4.88. The number of allylic oxidation sites excluding steroid dienone is 3. The molecule has 248 valence electrons. The highest BCUT2D eigenvalue weighted by Crippen LogP contribution is 2.34. The highest BCUT2D eigenvalue weighted by molar-refractivity contribution is 5.85. The zero-order valence-electron chi connectivity index (χ0n) is 25.6.